The van der Waals surface area contributed by atoms with Crippen LogP contribution in [0.15, 0.2) is 29.2 Å². The molecular weight excluding hydrogens is 322 g/mol. The van der Waals surface area contributed by atoms with E-state index in [0.29, 0.717) is 6.42 Å². The van der Waals surface area contributed by atoms with Crippen molar-refractivity contribution in [2.24, 2.45) is 0 Å². The molecule has 1 aromatic carbocycles. The van der Waals surface area contributed by atoms with Crippen LogP contribution in [0.5, 0.6) is 0 Å². The Kier molecular flexibility index (Phi) is 5.74. The summed E-state index contributed by atoms with van der Waals surface area (Å²) in [6.07, 6.45) is 2.39. The first-order valence-corrected chi connectivity index (χ1v) is 8.28. The third-order valence-corrected chi connectivity index (χ3v) is 4.83. The van der Waals surface area contributed by atoms with Crippen LogP contribution in [-0.4, -0.2) is 24.4 Å². The van der Waals surface area contributed by atoms with Gasteiger partial charge in [0, 0.05) is 17.5 Å². The van der Waals surface area contributed by atoms with Gasteiger partial charge < -0.3 is 0 Å². The number of non-ortho nitro benzene ring substituents is 1. The van der Waals surface area contributed by atoms with E-state index in [-0.39, 0.29) is 16.3 Å². The number of benzene rings is 1. The lowest BCUT2D eigenvalue weighted by Gasteiger charge is -2.03. The number of nitrogens with zero attached hydrogens (tertiary/aromatic N) is 1. The highest BCUT2D eigenvalue weighted by molar-refractivity contribution is 9.09. The Morgan fingerprint density at radius 1 is 1.11 bits per heavy atom. The molecule has 0 heterocycles. The molecule has 0 saturated carbocycles. The van der Waals surface area contributed by atoms with Crippen molar-refractivity contribution in [1.82, 2.24) is 0 Å². The van der Waals surface area contributed by atoms with E-state index in [1.807, 2.05) is 0 Å². The average Bonchev–Trinajstić information content (AvgIpc) is 2.35. The third-order valence-electron chi connectivity index (χ3n) is 2.45. The largest absolute Gasteiger partial charge is 0.269 e. The Balaban J connectivity index is 2.70. The molecule has 0 radical (unpaired) electrons. The van der Waals surface area contributed by atoms with Gasteiger partial charge >= 0.3 is 0 Å². The minimum absolute atomic E-state index is 0.0812. The molecular formula is C11H14BrNO4S. The van der Waals surface area contributed by atoms with Crippen molar-refractivity contribution >= 4 is 31.5 Å². The average molecular weight is 336 g/mol. The number of nitro groups is 1. The first-order valence-electron chi connectivity index (χ1n) is 5.50. The minimum atomic E-state index is -3.32. The van der Waals surface area contributed by atoms with E-state index in [1.54, 1.807) is 0 Å². The second kappa shape index (κ2) is 6.84. The van der Waals surface area contributed by atoms with Crippen molar-refractivity contribution in [3.8, 4) is 0 Å². The SMILES string of the molecule is O=[N+]([O-])c1ccc(S(=O)(=O)CCCCCBr)cc1. The van der Waals surface area contributed by atoms with Crippen LogP contribution in [0, 0.1) is 10.1 Å². The monoisotopic (exact) mass is 335 g/mol. The van der Waals surface area contributed by atoms with Gasteiger partial charge in [0.25, 0.3) is 5.69 Å². The van der Waals surface area contributed by atoms with Crippen molar-refractivity contribution in [1.29, 1.82) is 0 Å². The summed E-state index contributed by atoms with van der Waals surface area (Å²) in [6.45, 7) is 0. The summed E-state index contributed by atoms with van der Waals surface area (Å²) in [7, 11) is -3.32. The van der Waals surface area contributed by atoms with Gasteiger partial charge in [-0.25, -0.2) is 8.42 Å². The van der Waals surface area contributed by atoms with E-state index in [4.69, 9.17) is 0 Å². The summed E-state index contributed by atoms with van der Waals surface area (Å²) >= 11 is 3.28. The molecule has 5 nitrogen and oxygen atoms in total. The number of rotatable bonds is 7. The van der Waals surface area contributed by atoms with Crippen LogP contribution >= 0.6 is 15.9 Å². The molecule has 0 aliphatic carbocycles. The molecule has 100 valence electrons. The fourth-order valence-corrected chi connectivity index (χ4v) is 3.22. The van der Waals surface area contributed by atoms with Gasteiger partial charge in [-0.05, 0) is 25.0 Å². The fourth-order valence-electron chi connectivity index (χ4n) is 1.46. The highest BCUT2D eigenvalue weighted by Crippen LogP contribution is 2.18. The summed E-state index contributed by atoms with van der Waals surface area (Å²) in [5.41, 5.74) is -0.103. The normalized spacial score (nSPS) is 11.4. The Labute approximate surface area is 114 Å². The second-order valence-electron chi connectivity index (χ2n) is 3.82. The molecule has 0 N–H and O–H groups in total. The molecule has 0 aromatic heterocycles. The highest BCUT2D eigenvalue weighted by atomic mass is 79.9. The quantitative estimate of drug-likeness (QED) is 0.332. The highest BCUT2D eigenvalue weighted by Gasteiger charge is 2.15. The lowest BCUT2D eigenvalue weighted by atomic mass is 10.3. The number of hydrogen-bond acceptors (Lipinski definition) is 4. The van der Waals surface area contributed by atoms with E-state index in [2.05, 4.69) is 15.9 Å². The van der Waals surface area contributed by atoms with E-state index in [1.165, 1.54) is 24.3 Å². The van der Waals surface area contributed by atoms with Gasteiger partial charge in [-0.15, -0.1) is 0 Å². The van der Waals surface area contributed by atoms with Gasteiger partial charge in [0.2, 0.25) is 0 Å². The molecule has 0 aliphatic rings. The Morgan fingerprint density at radius 3 is 2.22 bits per heavy atom. The van der Waals surface area contributed by atoms with Crippen molar-refractivity contribution in [3.63, 3.8) is 0 Å². The molecule has 18 heavy (non-hydrogen) atoms. The smallest absolute Gasteiger partial charge is 0.258 e. The molecule has 0 saturated heterocycles. The molecule has 0 aliphatic heterocycles. The van der Waals surface area contributed by atoms with Crippen LogP contribution in [0.2, 0.25) is 0 Å². The van der Waals surface area contributed by atoms with Crippen LogP contribution in [0.3, 0.4) is 0 Å². The molecule has 1 rings (SSSR count). The van der Waals surface area contributed by atoms with Crippen molar-refractivity contribution in [2.75, 3.05) is 11.1 Å². The number of halogens is 1. The molecule has 0 unspecified atom stereocenters. The summed E-state index contributed by atoms with van der Waals surface area (Å²) in [4.78, 5) is 10.1. The number of hydrogen-bond donors (Lipinski definition) is 0. The fraction of sp³-hybridized carbons (Fsp3) is 0.455. The molecule has 0 spiro atoms. The summed E-state index contributed by atoms with van der Waals surface area (Å²) in [5, 5.41) is 11.3. The van der Waals surface area contributed by atoms with E-state index < -0.39 is 14.8 Å². The summed E-state index contributed by atoms with van der Waals surface area (Å²) in [5.74, 6) is 0.0812. The maximum Gasteiger partial charge on any atom is 0.269 e. The number of sulfone groups is 1. The van der Waals surface area contributed by atoms with Crippen molar-refractivity contribution in [3.05, 3.63) is 34.4 Å². The lowest BCUT2D eigenvalue weighted by Crippen LogP contribution is -2.07. The Bertz CT molecular complexity index is 498. The van der Waals surface area contributed by atoms with Crippen LogP contribution in [0.25, 0.3) is 0 Å². The zero-order valence-electron chi connectivity index (χ0n) is 9.71. The maximum atomic E-state index is 11.9. The molecule has 1 aromatic rings. The van der Waals surface area contributed by atoms with Crippen molar-refractivity contribution < 1.29 is 13.3 Å². The zero-order chi connectivity index (χ0) is 13.6. The summed E-state index contributed by atoms with van der Waals surface area (Å²) < 4.78 is 23.8. The summed E-state index contributed by atoms with van der Waals surface area (Å²) in [6, 6.07) is 5.01. The van der Waals surface area contributed by atoms with Gasteiger partial charge in [-0.1, -0.05) is 22.4 Å². The predicted molar refractivity (Wildman–Crippen MR) is 72.8 cm³/mol. The van der Waals surface area contributed by atoms with Gasteiger partial charge in [-0.3, -0.25) is 10.1 Å². The third kappa shape index (κ3) is 4.38. The maximum absolute atomic E-state index is 11.9. The van der Waals surface area contributed by atoms with E-state index in [0.717, 1.165) is 18.2 Å². The number of nitro benzene ring substituents is 1. The Morgan fingerprint density at radius 2 is 1.72 bits per heavy atom. The van der Waals surface area contributed by atoms with Gasteiger partial charge in [0.15, 0.2) is 9.84 Å². The first-order chi connectivity index (χ1) is 8.47. The van der Waals surface area contributed by atoms with Crippen molar-refractivity contribution in [2.45, 2.75) is 24.2 Å². The van der Waals surface area contributed by atoms with Gasteiger partial charge in [-0.2, -0.15) is 0 Å². The standard InChI is InChI=1S/C11H14BrNO4S/c12-8-2-1-3-9-18(16,17)11-6-4-10(5-7-11)13(14)15/h4-7H,1-3,8-9H2. The molecule has 0 atom stereocenters. The molecule has 0 fully saturated rings. The van der Waals surface area contributed by atoms with Crippen LogP contribution in [0.4, 0.5) is 5.69 Å². The lowest BCUT2D eigenvalue weighted by molar-refractivity contribution is -0.384. The topological polar surface area (TPSA) is 77.3 Å². The number of unbranched alkanes of at least 4 members (excludes halogenated alkanes) is 2. The van der Waals surface area contributed by atoms with Crippen LogP contribution < -0.4 is 0 Å². The van der Waals surface area contributed by atoms with Crippen LogP contribution in [0.1, 0.15) is 19.3 Å². The molecule has 0 amide bonds. The zero-order valence-corrected chi connectivity index (χ0v) is 12.1. The van der Waals surface area contributed by atoms with Gasteiger partial charge in [0.1, 0.15) is 0 Å². The molecule has 0 bridgehead atoms. The Hall–Kier alpha value is -0.950. The predicted octanol–water partition coefficient (Wildman–Crippen LogP) is 2.93. The molecule has 7 heteroatoms. The van der Waals surface area contributed by atoms with Gasteiger partial charge in [0.05, 0.1) is 15.6 Å². The number of alkyl halides is 1. The van der Waals surface area contributed by atoms with E-state index >= 15 is 0 Å². The second-order valence-corrected chi connectivity index (χ2v) is 6.72. The first kappa shape index (κ1) is 15.1. The van der Waals surface area contributed by atoms with E-state index in [9.17, 15) is 18.5 Å². The minimum Gasteiger partial charge on any atom is -0.258 e. The van der Waals surface area contributed by atoms with Crippen LogP contribution in [-0.2, 0) is 9.84 Å².